The zero-order chi connectivity index (χ0) is 21.7. The molecule has 2 N–H and O–H groups in total. The standard InChI is InChI=1S/C22H21ClN2O4S/c1-3-29-19-6-4-5-18(14-19)24-22(26)16-7-12-21(15(2)13-16)25-30(27,28)20-10-8-17(23)9-11-20/h4-14,25H,3H2,1-2H3,(H,24,26). The third-order valence-corrected chi connectivity index (χ3v) is 5.89. The Kier molecular flexibility index (Phi) is 6.64. The van der Waals surface area contributed by atoms with Crippen LogP contribution in [0.5, 0.6) is 5.75 Å². The lowest BCUT2D eigenvalue weighted by molar-refractivity contribution is 0.102. The Morgan fingerprint density at radius 3 is 2.43 bits per heavy atom. The van der Waals surface area contributed by atoms with E-state index < -0.39 is 10.0 Å². The van der Waals surface area contributed by atoms with Gasteiger partial charge < -0.3 is 10.1 Å². The van der Waals surface area contributed by atoms with Gasteiger partial charge in [0.1, 0.15) is 5.75 Å². The number of sulfonamides is 1. The average Bonchev–Trinajstić information content (AvgIpc) is 2.70. The summed E-state index contributed by atoms with van der Waals surface area (Å²) >= 11 is 5.82. The highest BCUT2D eigenvalue weighted by atomic mass is 35.5. The van der Waals surface area contributed by atoms with Crippen LogP contribution in [0.25, 0.3) is 0 Å². The molecule has 0 aliphatic carbocycles. The van der Waals surface area contributed by atoms with Crippen LogP contribution in [0.3, 0.4) is 0 Å². The summed E-state index contributed by atoms with van der Waals surface area (Å²) < 4.78 is 33.1. The number of rotatable bonds is 7. The summed E-state index contributed by atoms with van der Waals surface area (Å²) in [6.45, 7) is 4.15. The Labute approximate surface area is 180 Å². The van der Waals surface area contributed by atoms with E-state index in [1.54, 1.807) is 43.3 Å². The third-order valence-electron chi connectivity index (χ3n) is 4.26. The Morgan fingerprint density at radius 1 is 1.03 bits per heavy atom. The molecule has 0 aromatic heterocycles. The van der Waals surface area contributed by atoms with Crippen LogP contribution in [0.1, 0.15) is 22.8 Å². The summed E-state index contributed by atoms with van der Waals surface area (Å²) in [5, 5.41) is 3.26. The molecule has 156 valence electrons. The van der Waals surface area contributed by atoms with E-state index in [0.29, 0.717) is 39.9 Å². The van der Waals surface area contributed by atoms with Crippen molar-refractivity contribution in [2.75, 3.05) is 16.6 Å². The number of amides is 1. The smallest absolute Gasteiger partial charge is 0.261 e. The predicted octanol–water partition coefficient (Wildman–Crippen LogP) is 5.10. The number of ether oxygens (including phenoxy) is 1. The highest BCUT2D eigenvalue weighted by molar-refractivity contribution is 7.92. The fourth-order valence-corrected chi connectivity index (χ4v) is 4.03. The third kappa shape index (κ3) is 5.31. The molecular weight excluding hydrogens is 424 g/mol. The number of hydrogen-bond donors (Lipinski definition) is 2. The fraction of sp³-hybridized carbons (Fsp3) is 0.136. The van der Waals surface area contributed by atoms with Gasteiger partial charge in [-0.3, -0.25) is 9.52 Å². The van der Waals surface area contributed by atoms with Gasteiger partial charge in [-0.1, -0.05) is 17.7 Å². The molecule has 0 spiro atoms. The fourth-order valence-electron chi connectivity index (χ4n) is 2.77. The van der Waals surface area contributed by atoms with Crippen LogP contribution in [0, 0.1) is 6.92 Å². The van der Waals surface area contributed by atoms with Gasteiger partial charge in [-0.25, -0.2) is 8.42 Å². The second-order valence-electron chi connectivity index (χ2n) is 6.50. The molecule has 8 heteroatoms. The molecule has 0 atom stereocenters. The largest absolute Gasteiger partial charge is 0.494 e. The molecule has 30 heavy (non-hydrogen) atoms. The molecule has 0 bridgehead atoms. The lowest BCUT2D eigenvalue weighted by Gasteiger charge is -2.12. The number of nitrogens with one attached hydrogen (secondary N) is 2. The maximum Gasteiger partial charge on any atom is 0.261 e. The Balaban J connectivity index is 1.75. The van der Waals surface area contributed by atoms with E-state index >= 15 is 0 Å². The molecule has 3 rings (SSSR count). The van der Waals surface area contributed by atoms with Gasteiger partial charge in [-0.05, 0) is 74.0 Å². The van der Waals surface area contributed by atoms with Gasteiger partial charge in [0.15, 0.2) is 0 Å². The lowest BCUT2D eigenvalue weighted by Crippen LogP contribution is -2.15. The minimum atomic E-state index is -3.77. The molecule has 0 saturated heterocycles. The van der Waals surface area contributed by atoms with Crippen molar-refractivity contribution in [3.63, 3.8) is 0 Å². The van der Waals surface area contributed by atoms with E-state index in [2.05, 4.69) is 10.0 Å². The topological polar surface area (TPSA) is 84.5 Å². The first-order valence-electron chi connectivity index (χ1n) is 9.22. The van der Waals surface area contributed by atoms with Crippen molar-refractivity contribution in [2.45, 2.75) is 18.7 Å². The number of anilines is 2. The van der Waals surface area contributed by atoms with E-state index in [9.17, 15) is 13.2 Å². The summed E-state index contributed by atoms with van der Waals surface area (Å²) in [5.74, 6) is 0.359. The summed E-state index contributed by atoms with van der Waals surface area (Å²) in [5.41, 5.74) is 2.02. The second kappa shape index (κ2) is 9.19. The molecule has 0 aliphatic rings. The predicted molar refractivity (Wildman–Crippen MR) is 119 cm³/mol. The molecule has 3 aromatic rings. The zero-order valence-electron chi connectivity index (χ0n) is 16.5. The van der Waals surface area contributed by atoms with Crippen molar-refractivity contribution >= 4 is 38.9 Å². The molecule has 0 radical (unpaired) electrons. The molecular formula is C22H21ClN2O4S. The molecule has 0 unspecified atom stereocenters. The summed E-state index contributed by atoms with van der Waals surface area (Å²) in [6.07, 6.45) is 0. The normalized spacial score (nSPS) is 11.0. The van der Waals surface area contributed by atoms with Crippen molar-refractivity contribution in [3.8, 4) is 5.75 Å². The highest BCUT2D eigenvalue weighted by Crippen LogP contribution is 2.23. The van der Waals surface area contributed by atoms with Crippen molar-refractivity contribution in [2.24, 2.45) is 0 Å². The molecule has 0 saturated carbocycles. The van der Waals surface area contributed by atoms with Gasteiger partial charge in [-0.15, -0.1) is 0 Å². The van der Waals surface area contributed by atoms with E-state index in [1.807, 2.05) is 13.0 Å². The highest BCUT2D eigenvalue weighted by Gasteiger charge is 2.16. The van der Waals surface area contributed by atoms with Crippen LogP contribution >= 0.6 is 11.6 Å². The SMILES string of the molecule is CCOc1cccc(NC(=O)c2ccc(NS(=O)(=O)c3ccc(Cl)cc3)c(C)c2)c1. The summed E-state index contributed by atoms with van der Waals surface area (Å²) in [6, 6.07) is 17.7. The molecule has 1 amide bonds. The first kappa shape index (κ1) is 21.7. The van der Waals surface area contributed by atoms with Crippen LogP contribution in [0.4, 0.5) is 11.4 Å². The number of halogens is 1. The molecule has 0 fully saturated rings. The minimum Gasteiger partial charge on any atom is -0.494 e. The van der Waals surface area contributed by atoms with E-state index in [4.69, 9.17) is 16.3 Å². The number of carbonyl (C=O) groups is 1. The zero-order valence-corrected chi connectivity index (χ0v) is 18.0. The molecule has 6 nitrogen and oxygen atoms in total. The van der Waals surface area contributed by atoms with Gasteiger partial charge in [0.05, 0.1) is 17.2 Å². The quantitative estimate of drug-likeness (QED) is 0.531. The Morgan fingerprint density at radius 2 is 1.77 bits per heavy atom. The summed E-state index contributed by atoms with van der Waals surface area (Å²) in [4.78, 5) is 12.7. The number of hydrogen-bond acceptors (Lipinski definition) is 4. The molecule has 0 heterocycles. The van der Waals surface area contributed by atoms with Gasteiger partial charge in [0.2, 0.25) is 0 Å². The van der Waals surface area contributed by atoms with Crippen molar-refractivity contribution < 1.29 is 17.9 Å². The Hall–Kier alpha value is -3.03. The first-order chi connectivity index (χ1) is 14.3. The first-order valence-corrected chi connectivity index (χ1v) is 11.1. The average molecular weight is 445 g/mol. The van der Waals surface area contributed by atoms with Crippen molar-refractivity contribution in [1.82, 2.24) is 0 Å². The Bertz CT molecular complexity index is 1160. The van der Waals surface area contributed by atoms with Gasteiger partial charge in [0.25, 0.3) is 15.9 Å². The van der Waals surface area contributed by atoms with E-state index in [0.717, 1.165) is 0 Å². The van der Waals surface area contributed by atoms with Crippen LogP contribution in [0.2, 0.25) is 5.02 Å². The van der Waals surface area contributed by atoms with Gasteiger partial charge in [-0.2, -0.15) is 0 Å². The van der Waals surface area contributed by atoms with Crippen LogP contribution in [0.15, 0.2) is 71.6 Å². The number of aryl methyl sites for hydroxylation is 1. The van der Waals surface area contributed by atoms with Gasteiger partial charge in [0, 0.05) is 22.3 Å². The number of benzene rings is 3. The molecule has 3 aromatic carbocycles. The monoisotopic (exact) mass is 444 g/mol. The van der Waals surface area contributed by atoms with Crippen molar-refractivity contribution in [3.05, 3.63) is 82.9 Å². The second-order valence-corrected chi connectivity index (χ2v) is 8.62. The summed E-state index contributed by atoms with van der Waals surface area (Å²) in [7, 11) is -3.77. The minimum absolute atomic E-state index is 0.0994. The van der Waals surface area contributed by atoms with E-state index in [1.165, 1.54) is 24.3 Å². The van der Waals surface area contributed by atoms with Crippen LogP contribution in [-0.4, -0.2) is 20.9 Å². The van der Waals surface area contributed by atoms with Crippen molar-refractivity contribution in [1.29, 1.82) is 0 Å². The molecule has 0 aliphatic heterocycles. The maximum absolute atomic E-state index is 12.6. The van der Waals surface area contributed by atoms with Gasteiger partial charge >= 0.3 is 0 Å². The number of carbonyl (C=O) groups excluding carboxylic acids is 1. The maximum atomic E-state index is 12.6. The van der Waals surface area contributed by atoms with Crippen LogP contribution in [-0.2, 0) is 10.0 Å². The van der Waals surface area contributed by atoms with Crippen LogP contribution < -0.4 is 14.8 Å². The lowest BCUT2D eigenvalue weighted by atomic mass is 10.1. The van der Waals surface area contributed by atoms with E-state index in [-0.39, 0.29) is 10.8 Å².